The Balaban J connectivity index is 1.85. The molecule has 1 atom stereocenters. The van der Waals surface area contributed by atoms with Gasteiger partial charge in [-0.1, -0.05) is 36.4 Å². The van der Waals surface area contributed by atoms with Crippen molar-refractivity contribution in [1.29, 1.82) is 0 Å². The molecule has 0 saturated carbocycles. The van der Waals surface area contributed by atoms with Gasteiger partial charge < -0.3 is 4.74 Å². The van der Waals surface area contributed by atoms with Gasteiger partial charge in [0.2, 0.25) is 6.61 Å². The minimum absolute atomic E-state index is 0.151. The third kappa shape index (κ3) is 1.46. The van der Waals surface area contributed by atoms with Gasteiger partial charge in [0.25, 0.3) is 0 Å². The van der Waals surface area contributed by atoms with Gasteiger partial charge in [-0.2, -0.15) is 0 Å². The maximum absolute atomic E-state index is 5.52. The second-order valence-electron chi connectivity index (χ2n) is 4.38. The summed E-state index contributed by atoms with van der Waals surface area (Å²) in [6, 6.07) is 18.9. The molecule has 0 spiro atoms. The van der Waals surface area contributed by atoms with Crippen LogP contribution in [0.3, 0.4) is 0 Å². The molecule has 1 aliphatic heterocycles. The SMILES string of the molecule is [C]1Oc2ccccc2C1c1cc2ccccc2s1. The lowest BCUT2D eigenvalue weighted by Crippen LogP contribution is -1.93. The first kappa shape index (κ1) is 10.2. The molecular formula is C16H10OS. The number of fused-ring (bicyclic) bond motifs is 2. The van der Waals surface area contributed by atoms with E-state index in [2.05, 4.69) is 49.1 Å². The maximum atomic E-state index is 5.52. The van der Waals surface area contributed by atoms with Gasteiger partial charge >= 0.3 is 0 Å². The van der Waals surface area contributed by atoms with E-state index >= 15 is 0 Å². The van der Waals surface area contributed by atoms with E-state index in [1.54, 1.807) is 0 Å². The van der Waals surface area contributed by atoms with Crippen LogP contribution in [-0.2, 0) is 0 Å². The second kappa shape index (κ2) is 3.85. The number of thiophene rings is 1. The fourth-order valence-electron chi connectivity index (χ4n) is 2.35. The number of hydrogen-bond donors (Lipinski definition) is 0. The topological polar surface area (TPSA) is 9.23 Å². The van der Waals surface area contributed by atoms with Crippen LogP contribution in [0.5, 0.6) is 5.75 Å². The average Bonchev–Trinajstić information content (AvgIpc) is 3.02. The standard InChI is InChI=1S/C16H10OS/c1-4-8-15-11(5-1)9-16(18-15)13-10-17-14-7-3-2-6-12(13)14/h1-9,13H. The molecule has 0 saturated heterocycles. The van der Waals surface area contributed by atoms with E-state index in [-0.39, 0.29) is 5.92 Å². The van der Waals surface area contributed by atoms with Crippen molar-refractivity contribution in [3.05, 3.63) is 71.6 Å². The highest BCUT2D eigenvalue weighted by molar-refractivity contribution is 7.19. The first-order chi connectivity index (χ1) is 8.92. The third-order valence-corrected chi connectivity index (χ3v) is 4.43. The highest BCUT2D eigenvalue weighted by Gasteiger charge is 2.28. The second-order valence-corrected chi connectivity index (χ2v) is 5.49. The van der Waals surface area contributed by atoms with Crippen molar-refractivity contribution in [1.82, 2.24) is 0 Å². The van der Waals surface area contributed by atoms with Crippen molar-refractivity contribution in [2.24, 2.45) is 0 Å². The van der Waals surface area contributed by atoms with E-state index in [9.17, 15) is 0 Å². The molecule has 1 unspecified atom stereocenters. The van der Waals surface area contributed by atoms with Gasteiger partial charge in [-0.15, -0.1) is 11.3 Å². The molecule has 2 aromatic carbocycles. The van der Waals surface area contributed by atoms with Gasteiger partial charge in [0.15, 0.2) is 0 Å². The highest BCUT2D eigenvalue weighted by atomic mass is 32.1. The van der Waals surface area contributed by atoms with Crippen LogP contribution < -0.4 is 4.74 Å². The van der Waals surface area contributed by atoms with Gasteiger partial charge in [-0.05, 0) is 23.6 Å². The Morgan fingerprint density at radius 3 is 2.78 bits per heavy atom. The molecule has 0 N–H and O–H groups in total. The molecule has 0 fully saturated rings. The summed E-state index contributed by atoms with van der Waals surface area (Å²) in [5.41, 5.74) is 1.21. The summed E-state index contributed by atoms with van der Waals surface area (Å²) in [4.78, 5) is 1.29. The lowest BCUT2D eigenvalue weighted by atomic mass is 9.99. The van der Waals surface area contributed by atoms with Crippen LogP contribution in [0.15, 0.2) is 54.6 Å². The van der Waals surface area contributed by atoms with Crippen LogP contribution >= 0.6 is 11.3 Å². The molecule has 1 nitrogen and oxygen atoms in total. The first-order valence-corrected chi connectivity index (χ1v) is 6.73. The summed E-state index contributed by atoms with van der Waals surface area (Å²) in [7, 11) is 0. The predicted octanol–water partition coefficient (Wildman–Crippen LogP) is 4.46. The fraction of sp³-hybridized carbons (Fsp3) is 0.0625. The summed E-state index contributed by atoms with van der Waals surface area (Å²) in [6.45, 7) is 3.11. The molecule has 3 aromatic rings. The molecule has 0 aliphatic carbocycles. The number of benzene rings is 2. The highest BCUT2D eigenvalue weighted by Crippen LogP contribution is 2.43. The van der Waals surface area contributed by atoms with E-state index in [0.717, 1.165) is 5.75 Å². The van der Waals surface area contributed by atoms with Crippen LogP contribution in [-0.4, -0.2) is 0 Å². The fourth-order valence-corrected chi connectivity index (χ4v) is 3.48. The van der Waals surface area contributed by atoms with Crippen molar-refractivity contribution >= 4 is 21.4 Å². The summed E-state index contributed by atoms with van der Waals surface area (Å²) >= 11 is 1.82. The van der Waals surface area contributed by atoms with Crippen molar-refractivity contribution in [3.63, 3.8) is 0 Å². The zero-order chi connectivity index (χ0) is 11.9. The van der Waals surface area contributed by atoms with E-state index in [4.69, 9.17) is 4.74 Å². The van der Waals surface area contributed by atoms with Crippen LogP contribution in [0.25, 0.3) is 10.1 Å². The van der Waals surface area contributed by atoms with E-state index in [1.807, 2.05) is 23.5 Å². The quantitative estimate of drug-likeness (QED) is 0.619. The monoisotopic (exact) mass is 250 g/mol. The molecule has 18 heavy (non-hydrogen) atoms. The lowest BCUT2D eigenvalue weighted by molar-refractivity contribution is 0.425. The van der Waals surface area contributed by atoms with Crippen LogP contribution in [0.4, 0.5) is 0 Å². The summed E-state index contributed by atoms with van der Waals surface area (Å²) in [5, 5.41) is 1.30. The van der Waals surface area contributed by atoms with Crippen molar-refractivity contribution in [2.75, 3.05) is 0 Å². The van der Waals surface area contributed by atoms with Gasteiger partial charge in [-0.3, -0.25) is 0 Å². The van der Waals surface area contributed by atoms with Crippen LogP contribution in [0.2, 0.25) is 0 Å². The summed E-state index contributed by atoms with van der Waals surface area (Å²) in [5.74, 6) is 1.08. The largest absolute Gasteiger partial charge is 0.477 e. The maximum Gasteiger partial charge on any atom is 0.209 e. The molecule has 86 valence electrons. The summed E-state index contributed by atoms with van der Waals surface area (Å²) in [6.07, 6.45) is 0. The van der Waals surface area contributed by atoms with Gasteiger partial charge in [0.05, 0.1) is 5.92 Å². The van der Waals surface area contributed by atoms with Crippen LogP contribution in [0.1, 0.15) is 16.4 Å². The average molecular weight is 250 g/mol. The number of para-hydroxylation sites is 1. The predicted molar refractivity (Wildman–Crippen MR) is 74.0 cm³/mol. The normalized spacial score (nSPS) is 17.7. The molecule has 0 amide bonds. The van der Waals surface area contributed by atoms with Crippen molar-refractivity contribution in [3.8, 4) is 5.75 Å². The van der Waals surface area contributed by atoms with Crippen molar-refractivity contribution in [2.45, 2.75) is 5.92 Å². The molecule has 2 radical (unpaired) electrons. The van der Waals surface area contributed by atoms with Gasteiger partial charge in [-0.25, -0.2) is 0 Å². The Kier molecular flexibility index (Phi) is 2.17. The number of rotatable bonds is 1. The number of hydrogen-bond acceptors (Lipinski definition) is 2. The molecular weight excluding hydrogens is 240 g/mol. The van der Waals surface area contributed by atoms with E-state index < -0.39 is 0 Å². The Hall–Kier alpha value is -1.80. The Morgan fingerprint density at radius 2 is 1.83 bits per heavy atom. The summed E-state index contributed by atoms with van der Waals surface area (Å²) < 4.78 is 6.84. The Morgan fingerprint density at radius 1 is 1.00 bits per heavy atom. The zero-order valence-corrected chi connectivity index (χ0v) is 10.4. The first-order valence-electron chi connectivity index (χ1n) is 5.91. The Labute approximate surface area is 110 Å². The minimum Gasteiger partial charge on any atom is -0.477 e. The molecule has 1 aliphatic rings. The zero-order valence-electron chi connectivity index (χ0n) is 9.59. The van der Waals surface area contributed by atoms with E-state index in [1.165, 1.54) is 20.5 Å². The van der Waals surface area contributed by atoms with E-state index in [0.29, 0.717) is 0 Å². The molecule has 2 heterocycles. The molecule has 4 rings (SSSR count). The molecule has 1 aromatic heterocycles. The van der Waals surface area contributed by atoms with Crippen LogP contribution in [0, 0.1) is 6.61 Å². The minimum atomic E-state index is 0.151. The number of ether oxygens (including phenoxy) is 1. The van der Waals surface area contributed by atoms with Gasteiger partial charge in [0.1, 0.15) is 5.75 Å². The lowest BCUT2D eigenvalue weighted by Gasteiger charge is -2.03. The smallest absolute Gasteiger partial charge is 0.209 e. The van der Waals surface area contributed by atoms with Crippen molar-refractivity contribution < 1.29 is 4.74 Å². The Bertz CT molecular complexity index is 681. The van der Waals surface area contributed by atoms with Gasteiger partial charge in [0, 0.05) is 15.1 Å². The molecule has 0 bridgehead atoms. The third-order valence-electron chi connectivity index (χ3n) is 3.25. The molecule has 2 heteroatoms.